The highest BCUT2D eigenvalue weighted by Gasteiger charge is 2.24. The Morgan fingerprint density at radius 1 is 1.41 bits per heavy atom. The van der Waals surface area contributed by atoms with Crippen LogP contribution in [0.4, 0.5) is 0 Å². The van der Waals surface area contributed by atoms with Gasteiger partial charge >= 0.3 is 0 Å². The van der Waals surface area contributed by atoms with Crippen molar-refractivity contribution in [2.24, 2.45) is 5.73 Å². The number of thioether (sulfide) groups is 1. The molecule has 1 aromatic rings. The molecule has 3 N–H and O–H groups in total. The Bertz CT molecular complexity index is 318. The molecule has 4 atom stereocenters. The lowest BCUT2D eigenvalue weighted by atomic mass is 10.1. The maximum atomic E-state index is 9.59. The maximum absolute atomic E-state index is 9.59. The molecule has 0 aliphatic heterocycles. The maximum Gasteiger partial charge on any atom is 0.0628 e. The summed E-state index contributed by atoms with van der Waals surface area (Å²) in [5.74, 6) is 0. The lowest BCUT2D eigenvalue weighted by Gasteiger charge is -2.26. The topological polar surface area (TPSA) is 59.1 Å². The molecule has 0 aliphatic carbocycles. The lowest BCUT2D eigenvalue weighted by molar-refractivity contribution is 0.196. The van der Waals surface area contributed by atoms with Crippen molar-refractivity contribution in [1.82, 2.24) is 4.98 Å². The summed E-state index contributed by atoms with van der Waals surface area (Å²) < 4.78 is 0. The van der Waals surface area contributed by atoms with Crippen LogP contribution in [-0.2, 0) is 0 Å². The average Bonchev–Trinajstić information content (AvgIpc) is 2.35. The smallest absolute Gasteiger partial charge is 0.0628 e. The van der Waals surface area contributed by atoms with Crippen LogP contribution in [0.1, 0.15) is 38.1 Å². The van der Waals surface area contributed by atoms with E-state index in [1.54, 1.807) is 18.0 Å². The largest absolute Gasteiger partial charge is 0.392 e. The van der Waals surface area contributed by atoms with Gasteiger partial charge in [-0.25, -0.2) is 0 Å². The van der Waals surface area contributed by atoms with Crippen molar-refractivity contribution in [3.63, 3.8) is 0 Å². The molecule has 0 aromatic carbocycles. The first-order valence-electron chi connectivity index (χ1n) is 6.06. The Morgan fingerprint density at radius 3 is 2.59 bits per heavy atom. The van der Waals surface area contributed by atoms with Gasteiger partial charge in [0.2, 0.25) is 0 Å². The average molecular weight is 254 g/mol. The molecule has 0 saturated carbocycles. The molecule has 1 heterocycles. The van der Waals surface area contributed by atoms with Crippen molar-refractivity contribution in [1.29, 1.82) is 0 Å². The fourth-order valence-corrected chi connectivity index (χ4v) is 2.86. The molecule has 1 rings (SSSR count). The number of aromatic nitrogens is 1. The molecule has 0 saturated heterocycles. The Balaban J connectivity index is 2.82. The van der Waals surface area contributed by atoms with Crippen LogP contribution in [-0.4, -0.2) is 27.5 Å². The zero-order chi connectivity index (χ0) is 12.8. The molecule has 0 amide bonds. The second-order valence-electron chi connectivity index (χ2n) is 4.33. The summed E-state index contributed by atoms with van der Waals surface area (Å²) in [7, 11) is 0. The Labute approximate surface area is 108 Å². The highest BCUT2D eigenvalue weighted by Crippen LogP contribution is 2.35. The molecular weight excluding hydrogens is 232 g/mol. The number of pyridine rings is 1. The van der Waals surface area contributed by atoms with Crippen LogP contribution < -0.4 is 5.73 Å². The molecule has 0 fully saturated rings. The van der Waals surface area contributed by atoms with Gasteiger partial charge in [0.15, 0.2) is 0 Å². The van der Waals surface area contributed by atoms with Crippen molar-refractivity contribution < 1.29 is 5.11 Å². The zero-order valence-electron chi connectivity index (χ0n) is 10.7. The van der Waals surface area contributed by atoms with Crippen LogP contribution in [0.2, 0.25) is 0 Å². The van der Waals surface area contributed by atoms with Crippen LogP contribution in [0.15, 0.2) is 24.4 Å². The van der Waals surface area contributed by atoms with Gasteiger partial charge < -0.3 is 10.8 Å². The van der Waals surface area contributed by atoms with E-state index in [1.807, 2.05) is 32.0 Å². The summed E-state index contributed by atoms with van der Waals surface area (Å²) >= 11 is 1.70. The predicted molar refractivity (Wildman–Crippen MR) is 74.0 cm³/mol. The molecule has 0 bridgehead atoms. The van der Waals surface area contributed by atoms with E-state index in [1.165, 1.54) is 0 Å². The monoisotopic (exact) mass is 254 g/mol. The van der Waals surface area contributed by atoms with E-state index >= 15 is 0 Å². The van der Waals surface area contributed by atoms with E-state index in [0.717, 1.165) is 12.1 Å². The normalized spacial score (nSPS) is 18.4. The van der Waals surface area contributed by atoms with Gasteiger partial charge in [-0.1, -0.05) is 19.9 Å². The quantitative estimate of drug-likeness (QED) is 0.818. The number of hydrogen-bond acceptors (Lipinski definition) is 4. The SMILES string of the molecule is CCC(N)C(SC(C)C(C)O)c1ccccn1. The molecule has 96 valence electrons. The van der Waals surface area contributed by atoms with E-state index in [4.69, 9.17) is 5.73 Å². The molecular formula is C13H22N2OS. The van der Waals surface area contributed by atoms with Gasteiger partial charge in [-0.2, -0.15) is 0 Å². The first-order valence-corrected chi connectivity index (χ1v) is 7.00. The lowest BCUT2D eigenvalue weighted by Crippen LogP contribution is -2.29. The van der Waals surface area contributed by atoms with Gasteiger partial charge in [0.05, 0.1) is 17.0 Å². The Morgan fingerprint density at radius 2 is 2.12 bits per heavy atom. The minimum atomic E-state index is -0.338. The van der Waals surface area contributed by atoms with Crippen molar-refractivity contribution in [2.45, 2.75) is 49.8 Å². The number of nitrogens with zero attached hydrogens (tertiary/aromatic N) is 1. The first-order chi connectivity index (χ1) is 8.06. The van der Waals surface area contributed by atoms with Gasteiger partial charge in [-0.05, 0) is 25.5 Å². The van der Waals surface area contributed by atoms with Gasteiger partial charge in [0, 0.05) is 17.5 Å². The molecule has 0 spiro atoms. The fourth-order valence-electron chi connectivity index (χ4n) is 1.49. The second kappa shape index (κ2) is 6.99. The third-order valence-corrected chi connectivity index (χ3v) is 4.59. The molecule has 0 aliphatic rings. The summed E-state index contributed by atoms with van der Waals surface area (Å²) in [6.07, 6.45) is 2.36. The van der Waals surface area contributed by atoms with E-state index in [0.29, 0.717) is 0 Å². The fraction of sp³-hybridized carbons (Fsp3) is 0.615. The number of nitrogens with two attached hydrogens (primary N) is 1. The molecule has 1 aromatic heterocycles. The molecule has 4 unspecified atom stereocenters. The third-order valence-electron chi connectivity index (χ3n) is 2.88. The van der Waals surface area contributed by atoms with Crippen molar-refractivity contribution in [2.75, 3.05) is 0 Å². The number of aliphatic hydroxyl groups is 1. The van der Waals surface area contributed by atoms with Crippen molar-refractivity contribution in [3.05, 3.63) is 30.1 Å². The van der Waals surface area contributed by atoms with E-state index < -0.39 is 0 Å². The molecule has 0 radical (unpaired) electrons. The number of rotatable bonds is 6. The van der Waals surface area contributed by atoms with Crippen molar-refractivity contribution >= 4 is 11.8 Å². The summed E-state index contributed by atoms with van der Waals surface area (Å²) in [6, 6.07) is 5.95. The standard InChI is InChI=1S/C13H22N2OS/c1-4-11(14)13(17-10(3)9(2)16)12-7-5-6-8-15-12/h5-11,13,16H,4,14H2,1-3H3. The van der Waals surface area contributed by atoms with Gasteiger partial charge in [0.1, 0.15) is 0 Å². The first kappa shape index (κ1) is 14.5. The van der Waals surface area contributed by atoms with Crippen LogP contribution in [0.5, 0.6) is 0 Å². The Kier molecular flexibility index (Phi) is 5.95. The summed E-state index contributed by atoms with van der Waals surface area (Å²) in [4.78, 5) is 4.38. The number of aliphatic hydroxyl groups excluding tert-OH is 1. The van der Waals surface area contributed by atoms with Crippen LogP contribution in [0.3, 0.4) is 0 Å². The molecule has 3 nitrogen and oxygen atoms in total. The Hall–Kier alpha value is -0.580. The highest BCUT2D eigenvalue weighted by atomic mass is 32.2. The van der Waals surface area contributed by atoms with Crippen LogP contribution >= 0.6 is 11.8 Å². The minimum absolute atomic E-state index is 0.0658. The van der Waals surface area contributed by atoms with Gasteiger partial charge in [-0.3, -0.25) is 4.98 Å². The van der Waals surface area contributed by atoms with Crippen molar-refractivity contribution in [3.8, 4) is 0 Å². The van der Waals surface area contributed by atoms with Gasteiger partial charge in [-0.15, -0.1) is 11.8 Å². The highest BCUT2D eigenvalue weighted by molar-refractivity contribution is 8.00. The van der Waals surface area contributed by atoms with E-state index in [9.17, 15) is 5.11 Å². The summed E-state index contributed by atoms with van der Waals surface area (Å²) in [6.45, 7) is 5.91. The van der Waals surface area contributed by atoms with E-state index in [2.05, 4.69) is 11.9 Å². The predicted octanol–water partition coefficient (Wildman–Crippen LogP) is 2.36. The molecule has 4 heteroatoms. The molecule has 17 heavy (non-hydrogen) atoms. The summed E-state index contributed by atoms with van der Waals surface area (Å²) in [5.41, 5.74) is 7.15. The van der Waals surface area contributed by atoms with Gasteiger partial charge in [0.25, 0.3) is 0 Å². The second-order valence-corrected chi connectivity index (χ2v) is 5.85. The number of hydrogen-bond donors (Lipinski definition) is 2. The van der Waals surface area contributed by atoms with Crippen LogP contribution in [0.25, 0.3) is 0 Å². The zero-order valence-corrected chi connectivity index (χ0v) is 11.5. The third kappa shape index (κ3) is 4.30. The summed E-state index contributed by atoms with van der Waals surface area (Å²) in [5, 5.41) is 9.89. The minimum Gasteiger partial charge on any atom is -0.392 e. The van der Waals surface area contributed by atoms with E-state index in [-0.39, 0.29) is 22.6 Å². The van der Waals surface area contributed by atoms with Crippen LogP contribution in [0, 0.1) is 0 Å².